The summed E-state index contributed by atoms with van der Waals surface area (Å²) in [5, 5.41) is 34.7. The number of carboxylic acids is 2. The van der Waals surface area contributed by atoms with Crippen LogP contribution in [0.25, 0.3) is 0 Å². The Labute approximate surface area is 260 Å². The number of carboxylic acid groups (broad SMARTS) is 2. The number of benzene rings is 4. The van der Waals surface area contributed by atoms with E-state index in [4.69, 9.17) is 4.18 Å². The van der Waals surface area contributed by atoms with Gasteiger partial charge in [-0.2, -0.15) is 8.42 Å². The molecule has 0 aliphatic carbocycles. The van der Waals surface area contributed by atoms with E-state index in [1.165, 1.54) is 6.07 Å². The van der Waals surface area contributed by atoms with Gasteiger partial charge in [-0.15, -0.1) is 0 Å². The minimum Gasteiger partial charge on any atom is -0.481 e. The SMILES string of the molecule is O=C(O)[C@@H](CCCOS(=O)(=O)c1cccc([N+](=O)[O-])c1)C[C@@H](NC(c1ccccc1)(c1ccccc1)c1ccccc1)C(=O)O. The van der Waals surface area contributed by atoms with Gasteiger partial charge >= 0.3 is 11.9 Å². The van der Waals surface area contributed by atoms with Crippen molar-refractivity contribution in [3.63, 3.8) is 0 Å². The number of rotatable bonds is 16. The predicted molar refractivity (Wildman–Crippen MR) is 165 cm³/mol. The van der Waals surface area contributed by atoms with Gasteiger partial charge < -0.3 is 10.2 Å². The summed E-state index contributed by atoms with van der Waals surface area (Å²) in [7, 11) is -4.35. The number of carbonyl (C=O) groups is 2. The van der Waals surface area contributed by atoms with Crippen LogP contribution in [0.1, 0.15) is 36.0 Å². The zero-order valence-electron chi connectivity index (χ0n) is 24.1. The number of aliphatic carboxylic acids is 2. The van der Waals surface area contributed by atoms with Crippen molar-refractivity contribution < 1.29 is 37.3 Å². The van der Waals surface area contributed by atoms with Crippen molar-refractivity contribution in [2.45, 2.75) is 35.7 Å². The minimum absolute atomic E-state index is 0.0291. The van der Waals surface area contributed by atoms with Crippen LogP contribution in [0.5, 0.6) is 0 Å². The molecule has 3 N–H and O–H groups in total. The fourth-order valence-electron chi connectivity index (χ4n) is 5.24. The predicted octanol–water partition coefficient (Wildman–Crippen LogP) is 5.21. The lowest BCUT2D eigenvalue weighted by atomic mass is 9.76. The Morgan fingerprint density at radius 2 is 1.31 bits per heavy atom. The Kier molecular flexibility index (Phi) is 10.8. The lowest BCUT2D eigenvalue weighted by molar-refractivity contribution is -0.385. The van der Waals surface area contributed by atoms with Gasteiger partial charge in [-0.1, -0.05) is 97.1 Å². The molecule has 2 atom stereocenters. The minimum atomic E-state index is -4.35. The van der Waals surface area contributed by atoms with Gasteiger partial charge in [-0.25, -0.2) is 0 Å². The molecule has 0 fully saturated rings. The number of nitro groups is 1. The van der Waals surface area contributed by atoms with E-state index in [0.717, 1.165) is 34.9 Å². The molecule has 45 heavy (non-hydrogen) atoms. The second-order valence-corrected chi connectivity index (χ2v) is 11.9. The number of non-ortho nitro benzene ring substituents is 1. The topological polar surface area (TPSA) is 173 Å². The van der Waals surface area contributed by atoms with E-state index < -0.39 is 61.7 Å². The van der Waals surface area contributed by atoms with Crippen molar-refractivity contribution in [1.29, 1.82) is 0 Å². The molecule has 12 heteroatoms. The molecule has 0 amide bonds. The van der Waals surface area contributed by atoms with E-state index in [1.807, 2.05) is 91.0 Å². The zero-order chi connectivity index (χ0) is 32.5. The summed E-state index contributed by atoms with van der Waals surface area (Å²) < 4.78 is 30.1. The molecule has 0 radical (unpaired) electrons. The molecular formula is C33H32N2O9S. The number of nitrogens with one attached hydrogen (secondary N) is 1. The average molecular weight is 633 g/mol. The molecule has 234 valence electrons. The maximum absolute atomic E-state index is 12.7. The zero-order valence-corrected chi connectivity index (χ0v) is 24.9. The summed E-state index contributed by atoms with van der Waals surface area (Å²) in [6, 6.07) is 30.9. The fourth-order valence-corrected chi connectivity index (χ4v) is 6.23. The molecule has 0 spiro atoms. The molecule has 0 aromatic heterocycles. The molecule has 0 saturated heterocycles. The van der Waals surface area contributed by atoms with Gasteiger partial charge in [-0.05, 0) is 42.0 Å². The highest BCUT2D eigenvalue weighted by atomic mass is 32.2. The van der Waals surface area contributed by atoms with Crippen molar-refractivity contribution in [3.05, 3.63) is 142 Å². The maximum Gasteiger partial charge on any atom is 0.320 e. The summed E-state index contributed by atoms with van der Waals surface area (Å²) >= 11 is 0. The Bertz CT molecular complexity index is 1620. The van der Waals surface area contributed by atoms with Crippen LogP contribution in [0.3, 0.4) is 0 Å². The van der Waals surface area contributed by atoms with Crippen molar-refractivity contribution in [3.8, 4) is 0 Å². The van der Waals surface area contributed by atoms with Gasteiger partial charge in [0.2, 0.25) is 0 Å². The molecule has 0 unspecified atom stereocenters. The third-order valence-electron chi connectivity index (χ3n) is 7.43. The Morgan fingerprint density at radius 1 is 0.800 bits per heavy atom. The van der Waals surface area contributed by atoms with Crippen molar-refractivity contribution in [1.82, 2.24) is 5.32 Å². The molecule has 0 heterocycles. The first kappa shape index (κ1) is 33.0. The monoisotopic (exact) mass is 632 g/mol. The standard InChI is InChI=1S/C33H32N2O9S/c36-31(37)24(12-11-21-44-45(42,43)29-20-10-19-28(23-29)35(40)41)22-30(32(38)39)34-33(25-13-4-1-5-14-25,26-15-6-2-7-16-26)27-17-8-3-9-18-27/h1-10,13-20,23-24,30,34H,11-12,21-22H2,(H,36,37)(H,38,39)/t24-,30+/m0/s1. The lowest BCUT2D eigenvalue weighted by Crippen LogP contribution is -2.53. The molecule has 4 aromatic rings. The van der Waals surface area contributed by atoms with Crippen LogP contribution in [0.4, 0.5) is 5.69 Å². The van der Waals surface area contributed by atoms with Crippen LogP contribution < -0.4 is 5.32 Å². The highest BCUT2D eigenvalue weighted by Gasteiger charge is 2.41. The van der Waals surface area contributed by atoms with E-state index in [0.29, 0.717) is 0 Å². The van der Waals surface area contributed by atoms with Gasteiger partial charge in [0.1, 0.15) is 10.9 Å². The first-order chi connectivity index (χ1) is 21.5. The quantitative estimate of drug-likeness (QED) is 0.0489. The molecule has 0 bridgehead atoms. The average Bonchev–Trinajstić information content (AvgIpc) is 3.05. The van der Waals surface area contributed by atoms with Gasteiger partial charge in [0, 0.05) is 12.1 Å². The highest BCUT2D eigenvalue weighted by Crippen LogP contribution is 2.38. The van der Waals surface area contributed by atoms with E-state index in [-0.39, 0.29) is 19.3 Å². The molecular weight excluding hydrogens is 600 g/mol. The highest BCUT2D eigenvalue weighted by molar-refractivity contribution is 7.86. The number of hydrogen-bond acceptors (Lipinski definition) is 8. The Hall–Kier alpha value is -4.91. The van der Waals surface area contributed by atoms with Crippen molar-refractivity contribution >= 4 is 27.7 Å². The summed E-state index contributed by atoms with van der Waals surface area (Å²) in [5.74, 6) is -3.66. The van der Waals surface area contributed by atoms with Gasteiger partial charge in [-0.3, -0.25) is 29.2 Å². The summed E-state index contributed by atoms with van der Waals surface area (Å²) in [5.41, 5.74) is 0.669. The molecule has 0 saturated carbocycles. The first-order valence-electron chi connectivity index (χ1n) is 14.1. The second kappa shape index (κ2) is 14.7. The first-order valence-corrected chi connectivity index (χ1v) is 15.5. The molecule has 4 aromatic carbocycles. The smallest absolute Gasteiger partial charge is 0.320 e. The summed E-state index contributed by atoms with van der Waals surface area (Å²) in [4.78, 5) is 34.9. The number of nitro benzene ring substituents is 1. The van der Waals surface area contributed by atoms with Crippen LogP contribution in [0, 0.1) is 16.0 Å². The second-order valence-electron chi connectivity index (χ2n) is 10.3. The van der Waals surface area contributed by atoms with Gasteiger partial charge in [0.25, 0.3) is 15.8 Å². The number of hydrogen-bond donors (Lipinski definition) is 3. The van der Waals surface area contributed by atoms with Crippen molar-refractivity contribution in [2.75, 3.05) is 6.61 Å². The van der Waals surface area contributed by atoms with E-state index in [9.17, 15) is 38.3 Å². The third-order valence-corrected chi connectivity index (χ3v) is 8.74. The Morgan fingerprint density at radius 3 is 1.76 bits per heavy atom. The van der Waals surface area contributed by atoms with E-state index in [1.54, 1.807) is 0 Å². The summed E-state index contributed by atoms with van der Waals surface area (Å²) in [6.45, 7) is -0.401. The molecule has 11 nitrogen and oxygen atoms in total. The van der Waals surface area contributed by atoms with Crippen LogP contribution in [0.15, 0.2) is 120 Å². The number of nitrogens with zero attached hydrogens (tertiary/aromatic N) is 1. The largest absolute Gasteiger partial charge is 0.481 e. The molecule has 4 rings (SSSR count). The summed E-state index contributed by atoms with van der Waals surface area (Å²) in [6.07, 6.45) is -0.421. The van der Waals surface area contributed by atoms with E-state index in [2.05, 4.69) is 5.32 Å². The normalized spacial score (nSPS) is 13.1. The molecule has 0 aliphatic rings. The third kappa shape index (κ3) is 7.98. The van der Waals surface area contributed by atoms with Crippen LogP contribution in [-0.4, -0.2) is 48.1 Å². The molecule has 0 aliphatic heterocycles. The van der Waals surface area contributed by atoms with Crippen LogP contribution in [0.2, 0.25) is 0 Å². The van der Waals surface area contributed by atoms with E-state index >= 15 is 0 Å². The van der Waals surface area contributed by atoms with Gasteiger partial charge in [0.15, 0.2) is 0 Å². The van der Waals surface area contributed by atoms with Crippen molar-refractivity contribution in [2.24, 2.45) is 5.92 Å². The lowest BCUT2D eigenvalue weighted by Gasteiger charge is -2.39. The van der Waals surface area contributed by atoms with Gasteiger partial charge in [0.05, 0.1) is 23.0 Å². The van der Waals surface area contributed by atoms with Crippen LogP contribution in [-0.2, 0) is 29.4 Å². The fraction of sp³-hybridized carbons (Fsp3) is 0.212. The maximum atomic E-state index is 12.7. The van der Waals surface area contributed by atoms with Crippen LogP contribution >= 0.6 is 0 Å². The Balaban J connectivity index is 1.57.